The Balaban J connectivity index is 1.32. The van der Waals surface area contributed by atoms with Gasteiger partial charge >= 0.3 is 0 Å². The van der Waals surface area contributed by atoms with Crippen molar-refractivity contribution in [3.8, 4) is 0 Å². The molecule has 4 rings (SSSR count). The van der Waals surface area contributed by atoms with Crippen LogP contribution in [-0.4, -0.2) is 98.7 Å². The largest absolute Gasteiger partial charge is 0.376 e. The van der Waals surface area contributed by atoms with E-state index >= 15 is 0 Å². The third-order valence-electron chi connectivity index (χ3n) is 7.41. The van der Waals surface area contributed by atoms with E-state index in [4.69, 9.17) is 4.74 Å². The topological polar surface area (TPSA) is 60.4 Å². The molecule has 2 bridgehead atoms. The maximum Gasteiger partial charge on any atom is 0.243 e. The molecule has 7 nitrogen and oxygen atoms in total. The molecule has 164 valence electrons. The molecule has 1 amide bonds. The number of carbonyl (C=O) groups is 1. The SMILES string of the molecule is CN(C)C(=O)CN=C(NCC1CCCCO1)N1CCN(C2CC3CCC2C3)CC1. The minimum Gasteiger partial charge on any atom is -0.376 e. The van der Waals surface area contributed by atoms with Gasteiger partial charge in [0.25, 0.3) is 0 Å². The highest BCUT2D eigenvalue weighted by atomic mass is 16.5. The van der Waals surface area contributed by atoms with E-state index in [9.17, 15) is 4.79 Å². The second-order valence-electron chi connectivity index (χ2n) is 9.56. The van der Waals surface area contributed by atoms with Crippen LogP contribution >= 0.6 is 0 Å². The summed E-state index contributed by atoms with van der Waals surface area (Å²) in [6, 6.07) is 0.815. The Kier molecular flexibility index (Phi) is 6.96. The molecule has 7 heteroatoms. The van der Waals surface area contributed by atoms with Crippen LogP contribution in [0.3, 0.4) is 0 Å². The number of guanidine groups is 1. The summed E-state index contributed by atoms with van der Waals surface area (Å²) in [5.74, 6) is 2.86. The molecule has 4 unspecified atom stereocenters. The third-order valence-corrected chi connectivity index (χ3v) is 7.41. The molecule has 2 aliphatic carbocycles. The first-order valence-corrected chi connectivity index (χ1v) is 11.7. The highest BCUT2D eigenvalue weighted by molar-refractivity contribution is 5.85. The Morgan fingerprint density at radius 1 is 1.10 bits per heavy atom. The van der Waals surface area contributed by atoms with Gasteiger partial charge in [-0.25, -0.2) is 4.99 Å². The van der Waals surface area contributed by atoms with E-state index < -0.39 is 0 Å². The number of hydrogen-bond donors (Lipinski definition) is 1. The Bertz CT molecular complexity index is 582. The van der Waals surface area contributed by atoms with E-state index in [0.29, 0.717) is 0 Å². The molecular formula is C22H39N5O2. The van der Waals surface area contributed by atoms with Crippen molar-refractivity contribution in [2.45, 2.75) is 57.1 Å². The van der Waals surface area contributed by atoms with Crippen molar-refractivity contribution < 1.29 is 9.53 Å². The van der Waals surface area contributed by atoms with Crippen molar-refractivity contribution in [1.82, 2.24) is 20.0 Å². The lowest BCUT2D eigenvalue weighted by atomic mass is 9.93. The van der Waals surface area contributed by atoms with Crippen molar-refractivity contribution in [3.05, 3.63) is 0 Å². The van der Waals surface area contributed by atoms with Crippen molar-refractivity contribution >= 4 is 11.9 Å². The summed E-state index contributed by atoms with van der Waals surface area (Å²) in [6.45, 7) is 6.03. The molecule has 2 heterocycles. The molecule has 0 aromatic heterocycles. The summed E-state index contributed by atoms with van der Waals surface area (Å²) in [7, 11) is 3.57. The lowest BCUT2D eigenvalue weighted by Crippen LogP contribution is -2.56. The second-order valence-corrected chi connectivity index (χ2v) is 9.56. The number of amides is 1. The first-order chi connectivity index (χ1) is 14.1. The number of hydrogen-bond acceptors (Lipinski definition) is 4. The number of carbonyl (C=O) groups excluding carboxylic acids is 1. The van der Waals surface area contributed by atoms with Crippen LogP contribution in [0.5, 0.6) is 0 Å². The maximum atomic E-state index is 12.1. The zero-order chi connectivity index (χ0) is 20.2. The number of nitrogens with zero attached hydrogens (tertiary/aromatic N) is 4. The normalized spacial score (nSPS) is 33.2. The van der Waals surface area contributed by atoms with Gasteiger partial charge in [0.1, 0.15) is 6.54 Å². The molecular weight excluding hydrogens is 366 g/mol. The molecule has 0 spiro atoms. The summed E-state index contributed by atoms with van der Waals surface area (Å²) in [6.07, 6.45) is 9.55. The van der Waals surface area contributed by atoms with E-state index in [1.807, 2.05) is 0 Å². The molecule has 4 fully saturated rings. The molecule has 0 radical (unpaired) electrons. The van der Waals surface area contributed by atoms with Crippen LogP contribution in [0.2, 0.25) is 0 Å². The number of likely N-dealkylation sites (N-methyl/N-ethyl adjacent to an activating group) is 1. The summed E-state index contributed by atoms with van der Waals surface area (Å²) >= 11 is 0. The van der Waals surface area contributed by atoms with Gasteiger partial charge in [-0.3, -0.25) is 9.69 Å². The van der Waals surface area contributed by atoms with Crippen LogP contribution in [-0.2, 0) is 9.53 Å². The zero-order valence-corrected chi connectivity index (χ0v) is 18.3. The molecule has 4 aliphatic rings. The van der Waals surface area contributed by atoms with Gasteiger partial charge in [-0.05, 0) is 50.4 Å². The lowest BCUT2D eigenvalue weighted by Gasteiger charge is -2.42. The average Bonchev–Trinajstić information content (AvgIpc) is 3.38. The number of aliphatic imine (C=N–C) groups is 1. The standard InChI is InChI=1S/C22H39N5O2/c1-25(2)21(28)16-24-22(23-15-19-5-3-4-12-29-19)27-10-8-26(9-11-27)20-14-17-6-7-18(20)13-17/h17-20H,3-16H2,1-2H3,(H,23,24). The smallest absolute Gasteiger partial charge is 0.243 e. The fourth-order valence-corrected chi connectivity index (χ4v) is 5.65. The number of rotatable bonds is 5. The predicted molar refractivity (Wildman–Crippen MR) is 115 cm³/mol. The van der Waals surface area contributed by atoms with Crippen molar-refractivity contribution in [3.63, 3.8) is 0 Å². The van der Waals surface area contributed by atoms with Gasteiger partial charge < -0.3 is 19.9 Å². The average molecular weight is 406 g/mol. The Labute approximate surface area is 175 Å². The van der Waals surface area contributed by atoms with Gasteiger partial charge in [0.05, 0.1) is 6.10 Å². The maximum absolute atomic E-state index is 12.1. The summed E-state index contributed by atoms with van der Waals surface area (Å²) in [5, 5.41) is 3.53. The van der Waals surface area contributed by atoms with E-state index in [2.05, 4.69) is 20.1 Å². The third kappa shape index (κ3) is 5.23. The molecule has 2 saturated carbocycles. The van der Waals surface area contributed by atoms with Gasteiger partial charge in [-0.2, -0.15) is 0 Å². The predicted octanol–water partition coefficient (Wildman–Crippen LogP) is 1.40. The molecule has 29 heavy (non-hydrogen) atoms. The van der Waals surface area contributed by atoms with Crippen molar-refractivity contribution in [1.29, 1.82) is 0 Å². The fraction of sp³-hybridized carbons (Fsp3) is 0.909. The molecule has 0 aromatic rings. The first kappa shape index (κ1) is 20.9. The monoisotopic (exact) mass is 405 g/mol. The van der Waals surface area contributed by atoms with E-state index in [1.54, 1.807) is 19.0 Å². The Morgan fingerprint density at radius 2 is 1.93 bits per heavy atom. The molecule has 4 atom stereocenters. The highest BCUT2D eigenvalue weighted by Gasteiger charge is 2.42. The van der Waals surface area contributed by atoms with Crippen LogP contribution in [0.15, 0.2) is 4.99 Å². The summed E-state index contributed by atoms with van der Waals surface area (Å²) < 4.78 is 5.87. The van der Waals surface area contributed by atoms with E-state index in [1.165, 1.54) is 38.5 Å². The minimum atomic E-state index is 0.0406. The lowest BCUT2D eigenvalue weighted by molar-refractivity contribution is -0.127. The first-order valence-electron chi connectivity index (χ1n) is 11.7. The summed E-state index contributed by atoms with van der Waals surface area (Å²) in [4.78, 5) is 23.4. The zero-order valence-electron chi connectivity index (χ0n) is 18.3. The Hall–Kier alpha value is -1.34. The molecule has 2 aliphatic heterocycles. The molecule has 2 saturated heterocycles. The van der Waals surface area contributed by atoms with E-state index in [-0.39, 0.29) is 18.6 Å². The van der Waals surface area contributed by atoms with Crippen LogP contribution < -0.4 is 5.32 Å². The van der Waals surface area contributed by atoms with Gasteiger partial charge in [0.2, 0.25) is 5.91 Å². The number of ether oxygens (including phenoxy) is 1. The molecule has 0 aromatic carbocycles. The van der Waals surface area contributed by atoms with Crippen LogP contribution in [0, 0.1) is 11.8 Å². The molecule has 1 N–H and O–H groups in total. The quantitative estimate of drug-likeness (QED) is 0.553. The van der Waals surface area contributed by atoms with Crippen LogP contribution in [0.25, 0.3) is 0 Å². The van der Waals surface area contributed by atoms with Crippen LogP contribution in [0.1, 0.15) is 44.9 Å². The summed E-state index contributed by atoms with van der Waals surface area (Å²) in [5.41, 5.74) is 0. The minimum absolute atomic E-state index is 0.0406. The fourth-order valence-electron chi connectivity index (χ4n) is 5.65. The number of fused-ring (bicyclic) bond motifs is 2. The van der Waals surface area contributed by atoms with Crippen molar-refractivity contribution in [2.75, 3.05) is 60.0 Å². The van der Waals surface area contributed by atoms with E-state index in [0.717, 1.165) is 69.6 Å². The second kappa shape index (κ2) is 9.65. The highest BCUT2D eigenvalue weighted by Crippen LogP contribution is 2.46. The number of nitrogens with one attached hydrogen (secondary N) is 1. The van der Waals surface area contributed by atoms with Gasteiger partial charge in [-0.1, -0.05) is 6.42 Å². The van der Waals surface area contributed by atoms with Gasteiger partial charge in [0.15, 0.2) is 5.96 Å². The Morgan fingerprint density at radius 3 is 2.55 bits per heavy atom. The van der Waals surface area contributed by atoms with Gasteiger partial charge in [0, 0.05) is 59.5 Å². The van der Waals surface area contributed by atoms with Crippen LogP contribution in [0.4, 0.5) is 0 Å². The van der Waals surface area contributed by atoms with Gasteiger partial charge in [-0.15, -0.1) is 0 Å². The van der Waals surface area contributed by atoms with Crippen molar-refractivity contribution in [2.24, 2.45) is 16.8 Å². The number of piperazine rings is 1.